The highest BCUT2D eigenvalue weighted by atomic mass is 32.2. The van der Waals surface area contributed by atoms with Crippen LogP contribution in [0.1, 0.15) is 10.5 Å². The minimum Gasteiger partial charge on any atom is -0.368 e. The Morgan fingerprint density at radius 2 is 1.96 bits per heavy atom. The van der Waals surface area contributed by atoms with Gasteiger partial charge in [0.1, 0.15) is 10.8 Å². The van der Waals surface area contributed by atoms with Crippen molar-refractivity contribution >= 4 is 32.8 Å². The molecule has 0 saturated carbocycles. The van der Waals surface area contributed by atoms with Gasteiger partial charge in [0.15, 0.2) is 5.69 Å². The lowest BCUT2D eigenvalue weighted by Gasteiger charge is -2.07. The van der Waals surface area contributed by atoms with Gasteiger partial charge in [-0.3, -0.25) is 29.7 Å². The largest absolute Gasteiger partial charge is 0.368 e. The first kappa shape index (κ1) is 18.8. The zero-order chi connectivity index (χ0) is 19.6. The van der Waals surface area contributed by atoms with Gasteiger partial charge in [-0.05, 0) is 6.07 Å². The van der Waals surface area contributed by atoms with Crippen LogP contribution in [0.4, 0.5) is 17.1 Å². The highest BCUT2D eigenvalue weighted by Gasteiger charge is 2.29. The quantitative estimate of drug-likeness (QED) is 0.494. The summed E-state index contributed by atoms with van der Waals surface area (Å²) in [5.74, 6) is -1.72. The standard InChI is InChI=1S/C12H12N6O7S/c1-16-5-8(11(15-16)12(13)19)14-6-26(24,25)10-3-2-7(17(20)21)4-9(10)18(22)23/h2-5,14H,6H2,1H3,(H2,13,19). The van der Waals surface area contributed by atoms with Gasteiger partial charge in [-0.15, -0.1) is 0 Å². The number of anilines is 1. The van der Waals surface area contributed by atoms with Crippen LogP contribution in [0.5, 0.6) is 0 Å². The summed E-state index contributed by atoms with van der Waals surface area (Å²) in [5, 5.41) is 28.0. The predicted molar refractivity (Wildman–Crippen MR) is 87.2 cm³/mol. The number of amides is 1. The molecule has 0 aliphatic rings. The summed E-state index contributed by atoms with van der Waals surface area (Å²) in [6.45, 7) is 0. The predicted octanol–water partition coefficient (Wildman–Crippen LogP) is 0.179. The summed E-state index contributed by atoms with van der Waals surface area (Å²) >= 11 is 0. The Hall–Kier alpha value is -3.55. The smallest absolute Gasteiger partial charge is 0.294 e. The monoisotopic (exact) mass is 384 g/mol. The Labute approximate surface area is 145 Å². The van der Waals surface area contributed by atoms with Crippen LogP contribution >= 0.6 is 0 Å². The van der Waals surface area contributed by atoms with Crippen LogP contribution in [0.25, 0.3) is 0 Å². The summed E-state index contributed by atoms with van der Waals surface area (Å²) < 4.78 is 26.1. The van der Waals surface area contributed by atoms with Crippen molar-refractivity contribution in [3.05, 3.63) is 50.3 Å². The van der Waals surface area contributed by atoms with Crippen LogP contribution in [0.15, 0.2) is 29.3 Å². The van der Waals surface area contributed by atoms with Crippen molar-refractivity contribution in [2.45, 2.75) is 4.90 Å². The minimum absolute atomic E-state index is 0.0214. The number of hydrogen-bond donors (Lipinski definition) is 2. The molecule has 14 heteroatoms. The van der Waals surface area contributed by atoms with Crippen LogP contribution in [-0.2, 0) is 16.9 Å². The Morgan fingerprint density at radius 1 is 1.31 bits per heavy atom. The molecule has 1 amide bonds. The molecule has 0 radical (unpaired) electrons. The molecule has 26 heavy (non-hydrogen) atoms. The third kappa shape index (κ3) is 3.75. The number of rotatable bonds is 7. The number of nitrogens with one attached hydrogen (secondary N) is 1. The van der Waals surface area contributed by atoms with E-state index >= 15 is 0 Å². The molecule has 0 spiro atoms. The van der Waals surface area contributed by atoms with E-state index in [9.17, 15) is 33.4 Å². The van der Waals surface area contributed by atoms with E-state index < -0.39 is 47.7 Å². The van der Waals surface area contributed by atoms with E-state index in [-0.39, 0.29) is 11.4 Å². The molecule has 2 aromatic rings. The second kappa shape index (κ2) is 6.75. The number of aryl methyl sites for hydroxylation is 1. The summed E-state index contributed by atoms with van der Waals surface area (Å²) in [6, 6.07) is 2.19. The van der Waals surface area contributed by atoms with E-state index in [1.165, 1.54) is 17.9 Å². The van der Waals surface area contributed by atoms with Crippen LogP contribution < -0.4 is 11.1 Å². The molecule has 1 aromatic carbocycles. The first-order chi connectivity index (χ1) is 12.0. The SMILES string of the molecule is Cn1cc(NCS(=O)(=O)c2ccc([N+](=O)[O-])cc2[N+](=O)[O-])c(C(N)=O)n1. The normalized spacial score (nSPS) is 11.1. The van der Waals surface area contributed by atoms with Gasteiger partial charge in [0, 0.05) is 19.3 Å². The van der Waals surface area contributed by atoms with E-state index in [1.807, 2.05) is 0 Å². The molecule has 1 heterocycles. The van der Waals surface area contributed by atoms with E-state index in [0.29, 0.717) is 6.07 Å². The van der Waals surface area contributed by atoms with E-state index in [2.05, 4.69) is 10.4 Å². The van der Waals surface area contributed by atoms with Crippen LogP contribution in [0, 0.1) is 20.2 Å². The molecule has 0 unspecified atom stereocenters. The van der Waals surface area contributed by atoms with Crippen molar-refractivity contribution < 1.29 is 23.1 Å². The summed E-state index contributed by atoms with van der Waals surface area (Å²) in [6.07, 6.45) is 1.31. The number of benzene rings is 1. The third-order valence-electron chi connectivity index (χ3n) is 3.20. The molecule has 2 rings (SSSR count). The van der Waals surface area contributed by atoms with Gasteiger partial charge in [0.25, 0.3) is 17.3 Å². The van der Waals surface area contributed by atoms with E-state index in [1.54, 1.807) is 0 Å². The van der Waals surface area contributed by atoms with Crippen LogP contribution in [0.2, 0.25) is 0 Å². The average molecular weight is 384 g/mol. The van der Waals surface area contributed by atoms with Crippen molar-refractivity contribution in [1.82, 2.24) is 9.78 Å². The molecule has 13 nitrogen and oxygen atoms in total. The number of primary amides is 1. The van der Waals surface area contributed by atoms with Gasteiger partial charge in [0.05, 0.1) is 21.6 Å². The van der Waals surface area contributed by atoms with Crippen molar-refractivity contribution in [2.24, 2.45) is 12.8 Å². The number of hydrogen-bond acceptors (Lipinski definition) is 9. The maximum atomic E-state index is 12.4. The summed E-state index contributed by atoms with van der Waals surface area (Å²) in [7, 11) is -2.79. The second-order valence-corrected chi connectivity index (χ2v) is 6.99. The average Bonchev–Trinajstić information content (AvgIpc) is 2.93. The molecule has 0 aliphatic carbocycles. The third-order valence-corrected chi connectivity index (χ3v) is 4.74. The molecule has 138 valence electrons. The summed E-state index contributed by atoms with van der Waals surface area (Å²) in [4.78, 5) is 30.5. The second-order valence-electron chi connectivity index (χ2n) is 5.03. The first-order valence-electron chi connectivity index (χ1n) is 6.76. The molecule has 1 aromatic heterocycles. The molecular weight excluding hydrogens is 372 g/mol. The number of sulfone groups is 1. The fourth-order valence-electron chi connectivity index (χ4n) is 2.08. The molecule has 0 atom stereocenters. The Bertz CT molecular complexity index is 1010. The van der Waals surface area contributed by atoms with Crippen molar-refractivity contribution in [3.63, 3.8) is 0 Å². The number of nitrogens with two attached hydrogens (primary N) is 1. The number of carbonyl (C=O) groups is 1. The maximum absolute atomic E-state index is 12.4. The molecule has 0 aliphatic heterocycles. The highest BCUT2D eigenvalue weighted by Crippen LogP contribution is 2.29. The molecule has 0 fully saturated rings. The molecule has 3 N–H and O–H groups in total. The van der Waals surface area contributed by atoms with Gasteiger partial charge in [-0.1, -0.05) is 0 Å². The number of nitro groups is 2. The lowest BCUT2D eigenvalue weighted by molar-refractivity contribution is -0.396. The van der Waals surface area contributed by atoms with Gasteiger partial charge in [0.2, 0.25) is 9.84 Å². The van der Waals surface area contributed by atoms with E-state index in [0.717, 1.165) is 12.1 Å². The van der Waals surface area contributed by atoms with Gasteiger partial charge in [-0.25, -0.2) is 8.42 Å². The minimum atomic E-state index is -4.27. The number of nitro benzene ring substituents is 2. The zero-order valence-corrected chi connectivity index (χ0v) is 14.0. The molecule has 0 saturated heterocycles. The number of carbonyl (C=O) groups excluding carboxylic acids is 1. The van der Waals surface area contributed by atoms with Crippen LogP contribution in [0.3, 0.4) is 0 Å². The number of nitrogens with zero attached hydrogens (tertiary/aromatic N) is 4. The molecule has 0 bridgehead atoms. The van der Waals surface area contributed by atoms with Crippen molar-refractivity contribution in [2.75, 3.05) is 11.2 Å². The fraction of sp³-hybridized carbons (Fsp3) is 0.167. The summed E-state index contributed by atoms with van der Waals surface area (Å²) in [5.41, 5.74) is 3.40. The van der Waals surface area contributed by atoms with Gasteiger partial charge >= 0.3 is 0 Å². The number of aromatic nitrogens is 2. The Balaban J connectivity index is 2.38. The van der Waals surface area contributed by atoms with Gasteiger partial charge < -0.3 is 11.1 Å². The van der Waals surface area contributed by atoms with Crippen LogP contribution in [-0.4, -0.2) is 39.8 Å². The lowest BCUT2D eigenvalue weighted by Crippen LogP contribution is -2.19. The van der Waals surface area contributed by atoms with Crippen molar-refractivity contribution in [1.29, 1.82) is 0 Å². The van der Waals surface area contributed by atoms with E-state index in [4.69, 9.17) is 5.73 Å². The fourth-order valence-corrected chi connectivity index (χ4v) is 3.30. The zero-order valence-electron chi connectivity index (χ0n) is 13.1. The highest BCUT2D eigenvalue weighted by molar-refractivity contribution is 7.91. The van der Waals surface area contributed by atoms with Gasteiger partial charge in [-0.2, -0.15) is 5.10 Å². The van der Waals surface area contributed by atoms with Crippen molar-refractivity contribution in [3.8, 4) is 0 Å². The topological polar surface area (TPSA) is 193 Å². The lowest BCUT2D eigenvalue weighted by atomic mass is 10.3. The Kier molecular flexibility index (Phi) is 4.88. The first-order valence-corrected chi connectivity index (χ1v) is 8.41. The number of non-ortho nitro benzene ring substituents is 1. The molecular formula is C12H12N6O7S. The maximum Gasteiger partial charge on any atom is 0.294 e. The Morgan fingerprint density at radius 3 is 2.50 bits per heavy atom.